The van der Waals surface area contributed by atoms with Gasteiger partial charge in [-0.05, 0) is 67.9 Å². The molecular formula is C20H17ClN4. The van der Waals surface area contributed by atoms with Crippen LogP contribution in [0.1, 0.15) is 11.1 Å². The van der Waals surface area contributed by atoms with Gasteiger partial charge in [0.05, 0.1) is 22.1 Å². The predicted octanol–water partition coefficient (Wildman–Crippen LogP) is 7.79. The molecule has 0 unspecified atom stereocenters. The Kier molecular flexibility index (Phi) is 5.31. The fourth-order valence-corrected chi connectivity index (χ4v) is 2.39. The molecule has 0 saturated carbocycles. The van der Waals surface area contributed by atoms with Gasteiger partial charge in [-0.1, -0.05) is 35.4 Å². The Labute approximate surface area is 151 Å². The van der Waals surface area contributed by atoms with Crippen molar-refractivity contribution in [1.29, 1.82) is 0 Å². The summed E-state index contributed by atoms with van der Waals surface area (Å²) >= 11 is 6.15. The van der Waals surface area contributed by atoms with Crippen molar-refractivity contribution in [2.24, 2.45) is 20.5 Å². The van der Waals surface area contributed by atoms with Crippen molar-refractivity contribution < 1.29 is 0 Å². The molecule has 0 aliphatic carbocycles. The molecule has 0 fully saturated rings. The van der Waals surface area contributed by atoms with Crippen molar-refractivity contribution in [1.82, 2.24) is 0 Å². The molecule has 124 valence electrons. The van der Waals surface area contributed by atoms with Crippen molar-refractivity contribution >= 4 is 34.4 Å². The van der Waals surface area contributed by atoms with Gasteiger partial charge in [-0.25, -0.2) is 0 Å². The highest BCUT2D eigenvalue weighted by Crippen LogP contribution is 2.28. The Morgan fingerprint density at radius 2 is 1.00 bits per heavy atom. The second-order valence-corrected chi connectivity index (χ2v) is 6.11. The van der Waals surface area contributed by atoms with E-state index in [2.05, 4.69) is 20.5 Å². The highest BCUT2D eigenvalue weighted by molar-refractivity contribution is 6.33. The molecular weight excluding hydrogens is 332 g/mol. The third-order valence-electron chi connectivity index (χ3n) is 3.54. The second-order valence-electron chi connectivity index (χ2n) is 5.71. The van der Waals surface area contributed by atoms with E-state index in [1.165, 1.54) is 5.56 Å². The van der Waals surface area contributed by atoms with Crippen molar-refractivity contribution in [2.45, 2.75) is 13.8 Å². The van der Waals surface area contributed by atoms with Gasteiger partial charge in [0, 0.05) is 0 Å². The molecule has 0 aliphatic rings. The zero-order valence-corrected chi connectivity index (χ0v) is 14.8. The summed E-state index contributed by atoms with van der Waals surface area (Å²) < 4.78 is 0. The van der Waals surface area contributed by atoms with Gasteiger partial charge in [0.1, 0.15) is 5.69 Å². The fourth-order valence-electron chi connectivity index (χ4n) is 2.12. The summed E-state index contributed by atoms with van der Waals surface area (Å²) in [6.07, 6.45) is 0. The molecule has 0 radical (unpaired) electrons. The average Bonchev–Trinajstić information content (AvgIpc) is 2.61. The van der Waals surface area contributed by atoms with Gasteiger partial charge in [0.25, 0.3) is 0 Å². The molecule has 0 atom stereocenters. The maximum Gasteiger partial charge on any atom is 0.104 e. The molecule has 3 aromatic rings. The Hall–Kier alpha value is -2.85. The minimum atomic E-state index is 0.590. The van der Waals surface area contributed by atoms with Crippen LogP contribution in [0.5, 0.6) is 0 Å². The largest absolute Gasteiger partial charge is 0.151 e. The van der Waals surface area contributed by atoms with Gasteiger partial charge < -0.3 is 0 Å². The number of nitrogens with zero attached hydrogens (tertiary/aromatic N) is 4. The summed E-state index contributed by atoms with van der Waals surface area (Å²) in [6.45, 7) is 4.02. The van der Waals surface area contributed by atoms with E-state index in [-0.39, 0.29) is 0 Å². The van der Waals surface area contributed by atoms with Crippen molar-refractivity contribution in [3.05, 3.63) is 82.9 Å². The summed E-state index contributed by atoms with van der Waals surface area (Å²) in [7, 11) is 0. The second kappa shape index (κ2) is 7.81. The summed E-state index contributed by atoms with van der Waals surface area (Å²) in [4.78, 5) is 0. The number of aryl methyl sites for hydroxylation is 2. The molecule has 4 nitrogen and oxygen atoms in total. The lowest BCUT2D eigenvalue weighted by molar-refractivity contribution is 1.21. The molecule has 0 bridgehead atoms. The molecule has 25 heavy (non-hydrogen) atoms. The first-order chi connectivity index (χ1) is 12.1. The van der Waals surface area contributed by atoms with E-state index in [9.17, 15) is 0 Å². The van der Waals surface area contributed by atoms with Crippen LogP contribution in [0.2, 0.25) is 5.02 Å². The van der Waals surface area contributed by atoms with Gasteiger partial charge in [-0.15, -0.1) is 5.11 Å². The summed E-state index contributed by atoms with van der Waals surface area (Å²) in [5, 5.41) is 17.4. The van der Waals surface area contributed by atoms with Crippen LogP contribution in [0, 0.1) is 13.8 Å². The molecule has 3 rings (SSSR count). The third-order valence-corrected chi connectivity index (χ3v) is 3.84. The lowest BCUT2D eigenvalue weighted by atomic mass is 10.2. The maximum atomic E-state index is 6.15. The molecule has 0 amide bonds. The quantitative estimate of drug-likeness (QED) is 0.432. The predicted molar refractivity (Wildman–Crippen MR) is 102 cm³/mol. The summed E-state index contributed by atoms with van der Waals surface area (Å²) in [5.74, 6) is 0. The number of hydrogen-bond donors (Lipinski definition) is 0. The van der Waals surface area contributed by atoms with Gasteiger partial charge in [-0.2, -0.15) is 15.3 Å². The highest BCUT2D eigenvalue weighted by atomic mass is 35.5. The Bertz CT molecular complexity index is 913. The van der Waals surface area contributed by atoms with Crippen LogP contribution in [0.15, 0.2) is 87.2 Å². The first kappa shape index (κ1) is 17.0. The molecule has 0 spiro atoms. The van der Waals surface area contributed by atoms with Gasteiger partial charge in [0.2, 0.25) is 0 Å². The van der Waals surface area contributed by atoms with Crippen LogP contribution in [0.3, 0.4) is 0 Å². The Balaban J connectivity index is 1.69. The normalized spacial score (nSPS) is 11.5. The Morgan fingerprint density at radius 1 is 0.560 bits per heavy atom. The van der Waals surface area contributed by atoms with Crippen LogP contribution < -0.4 is 0 Å². The third kappa shape index (κ3) is 4.81. The molecule has 5 heteroatoms. The van der Waals surface area contributed by atoms with E-state index in [1.54, 1.807) is 0 Å². The Morgan fingerprint density at radius 3 is 1.52 bits per heavy atom. The summed E-state index contributed by atoms with van der Waals surface area (Å²) in [5.41, 5.74) is 5.24. The first-order valence-electron chi connectivity index (χ1n) is 7.86. The van der Waals surface area contributed by atoms with E-state index in [0.29, 0.717) is 10.7 Å². The van der Waals surface area contributed by atoms with E-state index in [1.807, 2.05) is 80.6 Å². The minimum absolute atomic E-state index is 0.590. The van der Waals surface area contributed by atoms with E-state index in [0.717, 1.165) is 22.6 Å². The van der Waals surface area contributed by atoms with Crippen molar-refractivity contribution in [3.63, 3.8) is 0 Å². The SMILES string of the molecule is Cc1ccc(N=Nc2ccc(N=Nc3ccc(C)cc3Cl)cc2)cc1. The standard InChI is InChI=1S/C20H17ClN4/c1-14-3-6-16(7-4-14)22-23-17-8-10-18(11-9-17)24-25-20-12-5-15(2)13-19(20)21/h3-13H,1-2H3. The monoisotopic (exact) mass is 348 g/mol. The van der Waals surface area contributed by atoms with Crippen LogP contribution in [-0.4, -0.2) is 0 Å². The van der Waals surface area contributed by atoms with E-state index < -0.39 is 0 Å². The lowest BCUT2D eigenvalue weighted by Gasteiger charge is -1.99. The lowest BCUT2D eigenvalue weighted by Crippen LogP contribution is -1.72. The number of hydrogen-bond acceptors (Lipinski definition) is 4. The van der Waals surface area contributed by atoms with Crippen LogP contribution in [0.4, 0.5) is 22.7 Å². The zero-order valence-electron chi connectivity index (χ0n) is 14.0. The van der Waals surface area contributed by atoms with Crippen molar-refractivity contribution in [3.8, 4) is 0 Å². The fraction of sp³-hybridized carbons (Fsp3) is 0.100. The van der Waals surface area contributed by atoms with E-state index >= 15 is 0 Å². The number of azo groups is 2. The molecule has 0 N–H and O–H groups in total. The molecule has 0 heterocycles. The number of rotatable bonds is 4. The number of halogens is 1. The minimum Gasteiger partial charge on any atom is -0.151 e. The van der Waals surface area contributed by atoms with Gasteiger partial charge in [-0.3, -0.25) is 0 Å². The number of benzene rings is 3. The van der Waals surface area contributed by atoms with Crippen LogP contribution in [0.25, 0.3) is 0 Å². The van der Waals surface area contributed by atoms with Crippen LogP contribution >= 0.6 is 11.6 Å². The van der Waals surface area contributed by atoms with Crippen molar-refractivity contribution in [2.75, 3.05) is 0 Å². The first-order valence-corrected chi connectivity index (χ1v) is 8.24. The van der Waals surface area contributed by atoms with E-state index in [4.69, 9.17) is 11.6 Å². The van der Waals surface area contributed by atoms with Gasteiger partial charge in [0.15, 0.2) is 0 Å². The topological polar surface area (TPSA) is 49.4 Å². The van der Waals surface area contributed by atoms with Gasteiger partial charge >= 0.3 is 0 Å². The zero-order chi connectivity index (χ0) is 17.6. The highest BCUT2D eigenvalue weighted by Gasteiger charge is 1.99. The maximum absolute atomic E-state index is 6.15. The van der Waals surface area contributed by atoms with Crippen LogP contribution in [-0.2, 0) is 0 Å². The smallest absolute Gasteiger partial charge is 0.104 e. The molecule has 0 saturated heterocycles. The summed E-state index contributed by atoms with van der Waals surface area (Å²) in [6, 6.07) is 20.9. The molecule has 0 aromatic heterocycles. The average molecular weight is 349 g/mol. The molecule has 0 aliphatic heterocycles. The molecule has 3 aromatic carbocycles.